The number of ether oxygens (including phenoxy) is 3. The monoisotopic (exact) mass is 616 g/mol. The number of carbonyl (C=O) groups is 2. The third-order valence-corrected chi connectivity index (χ3v) is 12.9. The third-order valence-electron chi connectivity index (χ3n) is 12.9. The molecule has 0 aromatic rings. The fourth-order valence-corrected chi connectivity index (χ4v) is 10.1. The van der Waals surface area contributed by atoms with Crippen molar-refractivity contribution in [1.82, 2.24) is 0 Å². The molecule has 9 nitrogen and oxygen atoms in total. The van der Waals surface area contributed by atoms with E-state index in [2.05, 4.69) is 39.8 Å². The van der Waals surface area contributed by atoms with Gasteiger partial charge < -0.3 is 34.6 Å². The molecule has 0 aromatic carbocycles. The molecule has 0 spiro atoms. The van der Waals surface area contributed by atoms with Gasteiger partial charge in [0.1, 0.15) is 30.2 Å². The van der Waals surface area contributed by atoms with E-state index in [0.717, 1.165) is 17.6 Å². The number of fused-ring (bicyclic) bond motifs is 4. The van der Waals surface area contributed by atoms with Gasteiger partial charge in [0.05, 0.1) is 23.9 Å². The second-order valence-electron chi connectivity index (χ2n) is 16.5. The molecular weight excluding hydrogens is 564 g/mol. The Hall–Kier alpha value is -1.46. The van der Waals surface area contributed by atoms with Gasteiger partial charge in [-0.3, -0.25) is 9.59 Å². The molecule has 6 aliphatic rings. The van der Waals surface area contributed by atoms with E-state index in [9.17, 15) is 30.0 Å². The highest BCUT2D eigenvalue weighted by Gasteiger charge is 2.65. The van der Waals surface area contributed by atoms with Gasteiger partial charge in [-0.2, -0.15) is 0 Å². The highest BCUT2D eigenvalue weighted by atomic mass is 16.7. The topological polar surface area (TPSA) is 146 Å². The van der Waals surface area contributed by atoms with Crippen LogP contribution in [0.1, 0.15) is 93.4 Å². The normalized spacial score (nSPS) is 48.2. The molecule has 12 atom stereocenters. The lowest BCUT2D eigenvalue weighted by atomic mass is 9.53. The SMILES string of the molecule is C[C@H](CC(=O)[C@@H]1OC1(C)C)[C@H]1C(=O)C[C@@]2(C)C3=CC[C@H]4C(C)(C)[C@@H](O[C@@H]5OC[C@@H](O)[C@H](O)[C@H]5O)CC[C@]4(O)CC3=CC[C@]12C. The third kappa shape index (κ3) is 4.83. The summed E-state index contributed by atoms with van der Waals surface area (Å²) < 4.78 is 17.5. The van der Waals surface area contributed by atoms with Crippen molar-refractivity contribution in [1.29, 1.82) is 0 Å². The van der Waals surface area contributed by atoms with Crippen LogP contribution in [0.15, 0.2) is 23.3 Å². The fourth-order valence-electron chi connectivity index (χ4n) is 10.1. The molecule has 2 saturated carbocycles. The zero-order chi connectivity index (χ0) is 32.2. The highest BCUT2D eigenvalue weighted by molar-refractivity contribution is 5.90. The quantitative estimate of drug-likeness (QED) is 0.330. The van der Waals surface area contributed by atoms with Crippen LogP contribution in [0.2, 0.25) is 0 Å². The molecule has 6 rings (SSSR count). The molecule has 246 valence electrons. The second kappa shape index (κ2) is 10.5. The number of Topliss-reactive ketones (excluding diaryl/α,β-unsaturated/α-hetero) is 2. The Labute approximate surface area is 261 Å². The summed E-state index contributed by atoms with van der Waals surface area (Å²) in [6.07, 6.45) is 2.46. The average Bonchev–Trinajstić information content (AvgIpc) is 3.55. The maximum absolute atomic E-state index is 13.8. The Morgan fingerprint density at radius 2 is 1.75 bits per heavy atom. The van der Waals surface area contributed by atoms with Gasteiger partial charge in [0.15, 0.2) is 12.1 Å². The Bertz CT molecular complexity index is 1270. The van der Waals surface area contributed by atoms with Crippen LogP contribution in [0.3, 0.4) is 0 Å². The number of carbonyl (C=O) groups excluding carboxylic acids is 2. The number of aliphatic hydroxyl groups is 4. The van der Waals surface area contributed by atoms with E-state index < -0.39 is 46.6 Å². The van der Waals surface area contributed by atoms with Gasteiger partial charge in [-0.25, -0.2) is 0 Å². The van der Waals surface area contributed by atoms with Gasteiger partial charge in [0.25, 0.3) is 0 Å². The minimum atomic E-state index is -1.37. The van der Waals surface area contributed by atoms with E-state index in [-0.39, 0.29) is 53.6 Å². The first-order valence-corrected chi connectivity index (χ1v) is 16.5. The second-order valence-corrected chi connectivity index (χ2v) is 16.5. The van der Waals surface area contributed by atoms with Gasteiger partial charge in [-0.1, -0.05) is 46.8 Å². The maximum atomic E-state index is 13.8. The van der Waals surface area contributed by atoms with Crippen LogP contribution in [-0.4, -0.2) is 86.6 Å². The van der Waals surface area contributed by atoms with E-state index in [1.807, 2.05) is 20.8 Å². The van der Waals surface area contributed by atoms with Crippen molar-refractivity contribution in [3.8, 4) is 0 Å². The van der Waals surface area contributed by atoms with Gasteiger partial charge in [0.2, 0.25) is 0 Å². The molecule has 4 aliphatic carbocycles. The minimum Gasteiger partial charge on any atom is -0.389 e. The summed E-state index contributed by atoms with van der Waals surface area (Å²) in [5, 5.41) is 42.8. The molecule has 0 radical (unpaired) electrons. The fraction of sp³-hybridized carbons (Fsp3) is 0.829. The van der Waals surface area contributed by atoms with Crippen molar-refractivity contribution < 1.29 is 44.2 Å². The average molecular weight is 617 g/mol. The zero-order valence-electron chi connectivity index (χ0n) is 27.3. The summed E-state index contributed by atoms with van der Waals surface area (Å²) in [5.74, 6) is -0.200. The highest BCUT2D eigenvalue weighted by Crippen LogP contribution is 2.67. The predicted molar refractivity (Wildman–Crippen MR) is 161 cm³/mol. The Morgan fingerprint density at radius 1 is 1.07 bits per heavy atom. The summed E-state index contributed by atoms with van der Waals surface area (Å²) in [5.41, 5.74) is -0.369. The predicted octanol–water partition coefficient (Wildman–Crippen LogP) is 3.40. The van der Waals surface area contributed by atoms with Crippen LogP contribution < -0.4 is 0 Å². The number of aliphatic hydroxyl groups excluding tert-OH is 3. The lowest BCUT2D eigenvalue weighted by Gasteiger charge is -2.54. The van der Waals surface area contributed by atoms with Crippen LogP contribution >= 0.6 is 0 Å². The number of hydrogen-bond donors (Lipinski definition) is 4. The van der Waals surface area contributed by atoms with Crippen LogP contribution in [0.5, 0.6) is 0 Å². The summed E-state index contributed by atoms with van der Waals surface area (Å²) in [6.45, 7) is 14.4. The summed E-state index contributed by atoms with van der Waals surface area (Å²) in [7, 11) is 0. The van der Waals surface area contributed by atoms with Gasteiger partial charge in [-0.15, -0.1) is 0 Å². The van der Waals surface area contributed by atoms with Crippen molar-refractivity contribution in [3.05, 3.63) is 23.3 Å². The van der Waals surface area contributed by atoms with E-state index in [1.54, 1.807) is 0 Å². The number of ketones is 2. The minimum absolute atomic E-state index is 0.0790. The summed E-state index contributed by atoms with van der Waals surface area (Å²) in [4.78, 5) is 26.9. The zero-order valence-corrected chi connectivity index (χ0v) is 27.3. The molecule has 4 N–H and O–H groups in total. The van der Waals surface area contributed by atoms with Crippen molar-refractivity contribution >= 4 is 11.6 Å². The number of rotatable bonds is 6. The standard InChI is InChI=1S/C35H52O9/c1-18(14-21(36)29-32(4,5)44-29)26-22(37)16-34(7)20-8-9-24-31(2,3)25(43-30-28(40)27(39)23(38)17-42-30)11-13-35(24,41)15-19(20)10-12-33(26,34)6/h8,10,18,23-30,38-41H,9,11-17H2,1-7H3/t18-,23-,24+,25+,26+,27+,28-,29+,30+,33-,34+,35+/m1/s1. The van der Waals surface area contributed by atoms with E-state index in [4.69, 9.17) is 14.2 Å². The Balaban J connectivity index is 1.24. The van der Waals surface area contributed by atoms with Crippen molar-refractivity contribution in [2.24, 2.45) is 34.0 Å². The first-order chi connectivity index (χ1) is 20.4. The number of allylic oxidation sites excluding steroid dienone is 3. The van der Waals surface area contributed by atoms with Crippen LogP contribution in [-0.2, 0) is 23.8 Å². The van der Waals surface area contributed by atoms with E-state index >= 15 is 0 Å². The molecule has 4 fully saturated rings. The molecule has 0 aromatic heterocycles. The number of hydrogen-bond acceptors (Lipinski definition) is 9. The van der Waals surface area contributed by atoms with Gasteiger partial charge >= 0.3 is 0 Å². The van der Waals surface area contributed by atoms with Gasteiger partial charge in [0, 0.05) is 30.6 Å². The smallest absolute Gasteiger partial charge is 0.186 e. The molecule has 0 unspecified atom stereocenters. The molecule has 2 aliphatic heterocycles. The summed E-state index contributed by atoms with van der Waals surface area (Å²) >= 11 is 0. The van der Waals surface area contributed by atoms with Crippen molar-refractivity contribution in [2.45, 2.75) is 141 Å². The molecule has 2 heterocycles. The first kappa shape index (κ1) is 32.5. The molecule has 9 heteroatoms. The first-order valence-electron chi connectivity index (χ1n) is 16.5. The van der Waals surface area contributed by atoms with Crippen LogP contribution in [0.4, 0.5) is 0 Å². The summed E-state index contributed by atoms with van der Waals surface area (Å²) in [6, 6.07) is 0. The Morgan fingerprint density at radius 3 is 2.41 bits per heavy atom. The lowest BCUT2D eigenvalue weighted by molar-refractivity contribution is -0.304. The molecule has 0 bridgehead atoms. The molecular formula is C35H52O9. The molecule has 0 amide bonds. The largest absolute Gasteiger partial charge is 0.389 e. The van der Waals surface area contributed by atoms with Crippen molar-refractivity contribution in [2.75, 3.05) is 6.61 Å². The molecule has 2 saturated heterocycles. The van der Waals surface area contributed by atoms with Crippen LogP contribution in [0.25, 0.3) is 0 Å². The number of epoxide rings is 1. The van der Waals surface area contributed by atoms with Crippen molar-refractivity contribution in [3.63, 3.8) is 0 Å². The van der Waals surface area contributed by atoms with Crippen LogP contribution in [0, 0.1) is 34.0 Å². The maximum Gasteiger partial charge on any atom is 0.186 e. The van der Waals surface area contributed by atoms with E-state index in [1.165, 1.54) is 0 Å². The van der Waals surface area contributed by atoms with Gasteiger partial charge in [-0.05, 0) is 73.3 Å². The Kier molecular flexibility index (Phi) is 7.77. The lowest BCUT2D eigenvalue weighted by Crippen LogP contribution is -2.59. The van der Waals surface area contributed by atoms with E-state index in [0.29, 0.717) is 38.5 Å². The molecule has 44 heavy (non-hydrogen) atoms.